The van der Waals surface area contributed by atoms with Gasteiger partial charge in [-0.25, -0.2) is 0 Å². The second kappa shape index (κ2) is 7.96. The lowest BCUT2D eigenvalue weighted by Crippen LogP contribution is -2.53. The molecule has 1 aromatic carbocycles. The van der Waals surface area contributed by atoms with E-state index in [2.05, 4.69) is 27.9 Å². The standard InChI is InChI=1S/C13H19IN2O.ClH/c1-3-13(4-2,9-15)16-12(17)10-7-5-6-8-11(10)14;/h5-8H,3-4,9,15H2,1-2H3,(H,16,17);1H. The maximum Gasteiger partial charge on any atom is 0.252 e. The van der Waals surface area contributed by atoms with Crippen LogP contribution in [-0.4, -0.2) is 18.0 Å². The van der Waals surface area contributed by atoms with Gasteiger partial charge in [0.1, 0.15) is 0 Å². The number of hydrogen-bond donors (Lipinski definition) is 2. The van der Waals surface area contributed by atoms with Crippen molar-refractivity contribution in [3.8, 4) is 0 Å². The van der Waals surface area contributed by atoms with Crippen LogP contribution in [0.2, 0.25) is 0 Å². The van der Waals surface area contributed by atoms with Crippen molar-refractivity contribution >= 4 is 40.9 Å². The highest BCUT2D eigenvalue weighted by molar-refractivity contribution is 14.1. The Labute approximate surface area is 128 Å². The van der Waals surface area contributed by atoms with Gasteiger partial charge >= 0.3 is 0 Å². The largest absolute Gasteiger partial charge is 0.345 e. The minimum absolute atomic E-state index is 0. The van der Waals surface area contributed by atoms with Gasteiger partial charge in [-0.05, 0) is 47.6 Å². The van der Waals surface area contributed by atoms with Crippen molar-refractivity contribution < 1.29 is 4.79 Å². The summed E-state index contributed by atoms with van der Waals surface area (Å²) in [7, 11) is 0. The number of amides is 1. The number of rotatable bonds is 5. The monoisotopic (exact) mass is 382 g/mol. The molecule has 0 radical (unpaired) electrons. The molecule has 0 atom stereocenters. The Bertz CT molecular complexity index is 386. The van der Waals surface area contributed by atoms with Crippen LogP contribution < -0.4 is 11.1 Å². The maximum atomic E-state index is 12.2. The highest BCUT2D eigenvalue weighted by Gasteiger charge is 2.27. The first-order chi connectivity index (χ1) is 8.08. The molecule has 0 saturated carbocycles. The Kier molecular flexibility index (Phi) is 7.82. The lowest BCUT2D eigenvalue weighted by atomic mass is 9.92. The van der Waals surface area contributed by atoms with Crippen LogP contribution in [0.25, 0.3) is 0 Å². The molecule has 5 heteroatoms. The fraction of sp³-hybridized carbons (Fsp3) is 0.462. The summed E-state index contributed by atoms with van der Waals surface area (Å²) < 4.78 is 0.959. The van der Waals surface area contributed by atoms with Gasteiger partial charge in [-0.1, -0.05) is 26.0 Å². The Morgan fingerprint density at radius 3 is 2.33 bits per heavy atom. The van der Waals surface area contributed by atoms with Gasteiger partial charge in [-0.15, -0.1) is 12.4 Å². The predicted molar refractivity (Wildman–Crippen MR) is 86.2 cm³/mol. The van der Waals surface area contributed by atoms with Crippen LogP contribution in [0, 0.1) is 3.57 Å². The molecule has 0 heterocycles. The third kappa shape index (κ3) is 4.10. The summed E-state index contributed by atoms with van der Waals surface area (Å²) in [5.41, 5.74) is 6.21. The Hall–Kier alpha value is -0.330. The van der Waals surface area contributed by atoms with E-state index in [1.807, 2.05) is 38.1 Å². The van der Waals surface area contributed by atoms with E-state index in [0.717, 1.165) is 16.4 Å². The van der Waals surface area contributed by atoms with Gasteiger partial charge in [0.15, 0.2) is 0 Å². The normalized spacial score (nSPS) is 10.7. The summed E-state index contributed by atoms with van der Waals surface area (Å²) in [6, 6.07) is 7.56. The minimum atomic E-state index is -0.282. The lowest BCUT2D eigenvalue weighted by Gasteiger charge is -2.31. The van der Waals surface area contributed by atoms with Crippen LogP contribution >= 0.6 is 35.0 Å². The van der Waals surface area contributed by atoms with Crippen LogP contribution in [0.1, 0.15) is 37.0 Å². The molecule has 0 unspecified atom stereocenters. The van der Waals surface area contributed by atoms with Crippen molar-refractivity contribution in [3.63, 3.8) is 0 Å². The second-order valence-corrected chi connectivity index (χ2v) is 5.29. The average molecular weight is 383 g/mol. The Balaban J connectivity index is 0.00000289. The number of hydrogen-bond acceptors (Lipinski definition) is 2. The van der Waals surface area contributed by atoms with E-state index in [0.29, 0.717) is 12.1 Å². The quantitative estimate of drug-likeness (QED) is 0.769. The zero-order chi connectivity index (χ0) is 12.9. The Morgan fingerprint density at radius 1 is 1.33 bits per heavy atom. The van der Waals surface area contributed by atoms with Crippen LogP contribution in [0.4, 0.5) is 0 Å². The molecule has 0 aliphatic heterocycles. The summed E-state index contributed by atoms with van der Waals surface area (Å²) in [6.07, 6.45) is 1.68. The lowest BCUT2D eigenvalue weighted by molar-refractivity contribution is 0.0894. The Morgan fingerprint density at radius 2 is 1.89 bits per heavy atom. The number of nitrogens with two attached hydrogens (primary N) is 1. The van der Waals surface area contributed by atoms with Crippen molar-refractivity contribution in [1.82, 2.24) is 5.32 Å². The van der Waals surface area contributed by atoms with Crippen molar-refractivity contribution in [2.75, 3.05) is 6.54 Å². The fourth-order valence-corrected chi connectivity index (χ4v) is 2.35. The van der Waals surface area contributed by atoms with Gasteiger partial charge in [0.25, 0.3) is 5.91 Å². The first kappa shape index (κ1) is 17.7. The predicted octanol–water partition coefficient (Wildman–Crippen LogP) is 2.96. The molecule has 1 rings (SSSR count). The SMILES string of the molecule is CCC(CC)(CN)NC(=O)c1ccccc1I.Cl. The number of halogens is 2. The molecule has 0 spiro atoms. The first-order valence-corrected chi connectivity index (χ1v) is 6.93. The molecule has 3 nitrogen and oxygen atoms in total. The van der Waals surface area contributed by atoms with Crippen molar-refractivity contribution in [1.29, 1.82) is 0 Å². The first-order valence-electron chi connectivity index (χ1n) is 5.85. The molecule has 0 fully saturated rings. The molecule has 0 saturated heterocycles. The number of nitrogens with one attached hydrogen (secondary N) is 1. The van der Waals surface area contributed by atoms with Crippen LogP contribution in [0.5, 0.6) is 0 Å². The van der Waals surface area contributed by atoms with Crippen LogP contribution in [0.3, 0.4) is 0 Å². The molecule has 0 bridgehead atoms. The number of carbonyl (C=O) groups is 1. The molecule has 18 heavy (non-hydrogen) atoms. The number of carbonyl (C=O) groups excluding carboxylic acids is 1. The summed E-state index contributed by atoms with van der Waals surface area (Å²) in [6.45, 7) is 4.56. The van der Waals surface area contributed by atoms with Gasteiger partial charge in [-0.3, -0.25) is 4.79 Å². The van der Waals surface area contributed by atoms with Gasteiger partial charge in [0, 0.05) is 10.1 Å². The molecule has 102 valence electrons. The van der Waals surface area contributed by atoms with Gasteiger partial charge in [0.2, 0.25) is 0 Å². The summed E-state index contributed by atoms with van der Waals surface area (Å²) in [5, 5.41) is 3.07. The van der Waals surface area contributed by atoms with Gasteiger partial charge < -0.3 is 11.1 Å². The van der Waals surface area contributed by atoms with Crippen molar-refractivity contribution in [2.45, 2.75) is 32.2 Å². The molecule has 0 aliphatic carbocycles. The van der Waals surface area contributed by atoms with Gasteiger partial charge in [-0.2, -0.15) is 0 Å². The van der Waals surface area contributed by atoms with Gasteiger partial charge in [0.05, 0.1) is 11.1 Å². The molecular formula is C13H20ClIN2O. The third-order valence-corrected chi connectivity index (χ3v) is 4.18. The van der Waals surface area contributed by atoms with E-state index < -0.39 is 0 Å². The van der Waals surface area contributed by atoms with E-state index in [4.69, 9.17) is 5.73 Å². The van der Waals surface area contributed by atoms with E-state index in [1.165, 1.54) is 0 Å². The maximum absolute atomic E-state index is 12.2. The van der Waals surface area contributed by atoms with E-state index in [1.54, 1.807) is 0 Å². The zero-order valence-corrected chi connectivity index (χ0v) is 13.7. The summed E-state index contributed by atoms with van der Waals surface area (Å²) in [5.74, 6) is -0.0378. The fourth-order valence-electron chi connectivity index (χ4n) is 1.72. The smallest absolute Gasteiger partial charge is 0.252 e. The highest BCUT2D eigenvalue weighted by Crippen LogP contribution is 2.17. The topological polar surface area (TPSA) is 55.1 Å². The van der Waals surface area contributed by atoms with Crippen molar-refractivity contribution in [2.24, 2.45) is 5.73 Å². The van der Waals surface area contributed by atoms with E-state index >= 15 is 0 Å². The zero-order valence-electron chi connectivity index (χ0n) is 10.7. The molecule has 3 N–H and O–H groups in total. The molecular weight excluding hydrogens is 363 g/mol. The number of benzene rings is 1. The summed E-state index contributed by atoms with van der Waals surface area (Å²) >= 11 is 2.17. The second-order valence-electron chi connectivity index (χ2n) is 4.13. The van der Waals surface area contributed by atoms with Crippen LogP contribution in [0.15, 0.2) is 24.3 Å². The molecule has 1 amide bonds. The highest BCUT2D eigenvalue weighted by atomic mass is 127. The van der Waals surface area contributed by atoms with Crippen LogP contribution in [-0.2, 0) is 0 Å². The average Bonchev–Trinajstić information content (AvgIpc) is 2.36. The minimum Gasteiger partial charge on any atom is -0.345 e. The molecule has 1 aromatic rings. The van der Waals surface area contributed by atoms with E-state index in [9.17, 15) is 4.79 Å². The molecule has 0 aliphatic rings. The molecule has 0 aromatic heterocycles. The summed E-state index contributed by atoms with van der Waals surface area (Å²) in [4.78, 5) is 12.2. The third-order valence-electron chi connectivity index (χ3n) is 3.24. The van der Waals surface area contributed by atoms with E-state index in [-0.39, 0.29) is 23.9 Å². The van der Waals surface area contributed by atoms with Crippen molar-refractivity contribution in [3.05, 3.63) is 33.4 Å².